The first-order valence-electron chi connectivity index (χ1n) is 14.3. The molecule has 39 heavy (non-hydrogen) atoms. The van der Waals surface area contributed by atoms with Crippen LogP contribution in [0.15, 0.2) is 47.8 Å². The molecular weight excluding hydrogens is 512 g/mol. The molecule has 0 spiro atoms. The smallest absolute Gasteiger partial charge is 0.262 e. The Kier molecular flexibility index (Phi) is 9.32. The number of hydrogen-bond acceptors (Lipinski definition) is 6. The molecule has 3 N–H and O–H groups in total. The molecule has 1 atom stereocenters. The van der Waals surface area contributed by atoms with Crippen molar-refractivity contribution < 1.29 is 19.1 Å². The molecule has 1 aromatic heterocycles. The van der Waals surface area contributed by atoms with Gasteiger partial charge in [-0.05, 0) is 48.6 Å². The number of ether oxygens (including phenoxy) is 1. The van der Waals surface area contributed by atoms with Crippen molar-refractivity contribution in [1.82, 2.24) is 20.9 Å². The highest BCUT2D eigenvalue weighted by atomic mass is 32.1. The van der Waals surface area contributed by atoms with Crippen molar-refractivity contribution in [2.24, 2.45) is 11.8 Å². The van der Waals surface area contributed by atoms with E-state index in [-0.39, 0.29) is 17.7 Å². The molecule has 2 aromatic rings. The Balaban J connectivity index is 1.18. The van der Waals surface area contributed by atoms with Crippen molar-refractivity contribution in [2.45, 2.75) is 56.5 Å². The first-order chi connectivity index (χ1) is 19.0. The third kappa shape index (κ3) is 7.26. The van der Waals surface area contributed by atoms with Crippen LogP contribution < -0.4 is 16.0 Å². The first-order valence-corrected chi connectivity index (χ1v) is 15.2. The zero-order valence-electron chi connectivity index (χ0n) is 22.5. The molecule has 2 saturated heterocycles. The summed E-state index contributed by atoms with van der Waals surface area (Å²) >= 11 is 1.36. The molecule has 3 heterocycles. The molecule has 9 heteroatoms. The molecule has 1 aliphatic carbocycles. The summed E-state index contributed by atoms with van der Waals surface area (Å²) in [7, 11) is 0. The predicted molar refractivity (Wildman–Crippen MR) is 152 cm³/mol. The number of nitrogens with zero attached hydrogens (tertiary/aromatic N) is 1. The summed E-state index contributed by atoms with van der Waals surface area (Å²) in [6.45, 7) is 5.43. The van der Waals surface area contributed by atoms with Gasteiger partial charge >= 0.3 is 0 Å². The highest BCUT2D eigenvalue weighted by Crippen LogP contribution is 2.31. The number of nitrogens with one attached hydrogen (secondary N) is 3. The van der Waals surface area contributed by atoms with Crippen LogP contribution in [0, 0.1) is 11.8 Å². The molecular formula is C30H40N4O4S. The fourth-order valence-corrected chi connectivity index (χ4v) is 6.67. The van der Waals surface area contributed by atoms with Gasteiger partial charge in [-0.25, -0.2) is 0 Å². The minimum atomic E-state index is -0.991. The van der Waals surface area contributed by atoms with Crippen LogP contribution in [0.1, 0.15) is 53.8 Å². The fourth-order valence-electron chi connectivity index (χ4n) is 6.05. The Morgan fingerprint density at radius 1 is 1.00 bits per heavy atom. The number of likely N-dealkylation sites (tertiary alicyclic amines) is 1. The zero-order valence-corrected chi connectivity index (χ0v) is 23.3. The van der Waals surface area contributed by atoms with Gasteiger partial charge in [0.05, 0.1) is 4.88 Å². The van der Waals surface area contributed by atoms with E-state index in [1.807, 2.05) is 41.8 Å². The lowest BCUT2D eigenvalue weighted by atomic mass is 9.93. The summed E-state index contributed by atoms with van der Waals surface area (Å²) in [6, 6.07) is 12.6. The second-order valence-corrected chi connectivity index (χ2v) is 12.3. The van der Waals surface area contributed by atoms with E-state index in [1.165, 1.54) is 11.3 Å². The van der Waals surface area contributed by atoms with Gasteiger partial charge in [-0.15, -0.1) is 11.3 Å². The number of carbonyl (C=O) groups is 3. The third-order valence-electron chi connectivity index (χ3n) is 8.35. The Morgan fingerprint density at radius 3 is 2.44 bits per heavy atom. The molecule has 0 unspecified atom stereocenters. The number of amides is 3. The molecule has 5 rings (SSSR count). The van der Waals surface area contributed by atoms with Crippen LogP contribution >= 0.6 is 11.3 Å². The Labute approximate surface area is 234 Å². The van der Waals surface area contributed by atoms with Crippen LogP contribution in [0.5, 0.6) is 0 Å². The maximum absolute atomic E-state index is 13.7. The van der Waals surface area contributed by atoms with Gasteiger partial charge in [-0.3, -0.25) is 14.4 Å². The van der Waals surface area contributed by atoms with Crippen LogP contribution in [-0.4, -0.2) is 73.6 Å². The molecule has 3 amide bonds. The number of thiophene rings is 1. The largest absolute Gasteiger partial charge is 0.381 e. The van der Waals surface area contributed by atoms with Gasteiger partial charge in [-0.2, -0.15) is 0 Å². The van der Waals surface area contributed by atoms with Crippen molar-refractivity contribution in [1.29, 1.82) is 0 Å². The molecule has 1 aromatic carbocycles. The van der Waals surface area contributed by atoms with Crippen LogP contribution in [-0.2, 0) is 20.7 Å². The van der Waals surface area contributed by atoms with Gasteiger partial charge in [0.15, 0.2) is 0 Å². The quantitative estimate of drug-likeness (QED) is 0.398. The van der Waals surface area contributed by atoms with E-state index in [9.17, 15) is 14.4 Å². The fraction of sp³-hybridized carbons (Fsp3) is 0.567. The van der Waals surface area contributed by atoms with Gasteiger partial charge in [0.2, 0.25) is 11.8 Å². The van der Waals surface area contributed by atoms with Gasteiger partial charge < -0.3 is 25.6 Å². The molecule has 210 valence electrons. The number of rotatable bonds is 11. The van der Waals surface area contributed by atoms with Crippen LogP contribution in [0.3, 0.4) is 0 Å². The zero-order chi connectivity index (χ0) is 27.1. The van der Waals surface area contributed by atoms with Crippen molar-refractivity contribution in [3.05, 3.63) is 58.3 Å². The van der Waals surface area contributed by atoms with E-state index in [4.69, 9.17) is 4.74 Å². The minimum Gasteiger partial charge on any atom is -0.381 e. The van der Waals surface area contributed by atoms with Gasteiger partial charge in [-0.1, -0.05) is 49.2 Å². The molecule has 2 aliphatic heterocycles. The minimum absolute atomic E-state index is 0.173. The van der Waals surface area contributed by atoms with Crippen LogP contribution in [0.2, 0.25) is 0 Å². The third-order valence-corrected chi connectivity index (χ3v) is 9.22. The van der Waals surface area contributed by atoms with E-state index in [0.29, 0.717) is 42.5 Å². The Bertz CT molecular complexity index is 1090. The molecule has 0 bridgehead atoms. The maximum atomic E-state index is 13.7. The Morgan fingerprint density at radius 2 is 1.74 bits per heavy atom. The van der Waals surface area contributed by atoms with Gasteiger partial charge in [0.1, 0.15) is 11.6 Å². The lowest BCUT2D eigenvalue weighted by Crippen LogP contribution is -2.61. The van der Waals surface area contributed by atoms with E-state index in [2.05, 4.69) is 20.9 Å². The first kappa shape index (κ1) is 27.8. The second kappa shape index (κ2) is 13.1. The second-order valence-electron chi connectivity index (χ2n) is 11.3. The number of benzene rings is 1. The lowest BCUT2D eigenvalue weighted by molar-refractivity contribution is -0.132. The summed E-state index contributed by atoms with van der Waals surface area (Å²) in [5.74, 6) is 0.456. The predicted octanol–water partition coefficient (Wildman–Crippen LogP) is 2.99. The topological polar surface area (TPSA) is 99.8 Å². The summed E-state index contributed by atoms with van der Waals surface area (Å²) in [4.78, 5) is 43.0. The van der Waals surface area contributed by atoms with Gasteiger partial charge in [0.25, 0.3) is 5.91 Å². The van der Waals surface area contributed by atoms with E-state index < -0.39 is 11.6 Å². The lowest BCUT2D eigenvalue weighted by Gasteiger charge is -2.42. The van der Waals surface area contributed by atoms with E-state index >= 15 is 0 Å². The SMILES string of the molecule is O=C(NC1(C(=O)N[C@H](Cc2ccccc2)C(=O)NCC2CN(CC3CCOCC3)C2)CCCC1)c1cccs1. The van der Waals surface area contributed by atoms with Crippen molar-refractivity contribution >= 4 is 29.1 Å². The molecule has 3 fully saturated rings. The standard InChI is InChI=1S/C30H40N4O4S/c35-27(31-18-24-20-34(21-24)19-23-10-14-38-15-11-23)25(17-22-7-2-1-3-8-22)32-29(37)30(12-4-5-13-30)33-28(36)26-9-6-16-39-26/h1-3,6-9,16,23-25H,4-5,10-15,17-21H2,(H,31,35)(H,32,37)(H,33,36)/t25-/m1/s1. The van der Waals surface area contributed by atoms with Crippen molar-refractivity contribution in [3.63, 3.8) is 0 Å². The molecule has 8 nitrogen and oxygen atoms in total. The molecule has 1 saturated carbocycles. The highest BCUT2D eigenvalue weighted by molar-refractivity contribution is 7.12. The van der Waals surface area contributed by atoms with Crippen molar-refractivity contribution in [2.75, 3.05) is 39.4 Å². The van der Waals surface area contributed by atoms with Crippen LogP contribution in [0.4, 0.5) is 0 Å². The normalized spacial score (nSPS) is 20.6. The maximum Gasteiger partial charge on any atom is 0.262 e. The summed E-state index contributed by atoms with van der Waals surface area (Å²) in [6.07, 6.45) is 5.52. The average Bonchev–Trinajstić information content (AvgIpc) is 3.64. The van der Waals surface area contributed by atoms with E-state index in [1.54, 1.807) is 6.07 Å². The van der Waals surface area contributed by atoms with Crippen LogP contribution in [0.25, 0.3) is 0 Å². The van der Waals surface area contributed by atoms with E-state index in [0.717, 1.165) is 64.1 Å². The highest BCUT2D eigenvalue weighted by Gasteiger charge is 2.44. The molecule has 3 aliphatic rings. The number of carbonyl (C=O) groups excluding carboxylic acids is 3. The summed E-state index contributed by atoms with van der Waals surface area (Å²) in [5, 5.41) is 11.0. The van der Waals surface area contributed by atoms with Crippen molar-refractivity contribution in [3.8, 4) is 0 Å². The van der Waals surface area contributed by atoms with Gasteiger partial charge in [0, 0.05) is 51.7 Å². The average molecular weight is 553 g/mol. The summed E-state index contributed by atoms with van der Waals surface area (Å²) < 4.78 is 5.47. The Hall–Kier alpha value is -2.75. The summed E-state index contributed by atoms with van der Waals surface area (Å²) in [5.41, 5.74) is -0.0121. The molecule has 0 radical (unpaired) electrons. The monoisotopic (exact) mass is 552 g/mol. The number of hydrogen-bond donors (Lipinski definition) is 3.